The minimum absolute atomic E-state index is 0.902. The first-order valence-electron chi connectivity index (χ1n) is 18.4. The van der Waals surface area contributed by atoms with Crippen LogP contribution in [0, 0.1) is 0 Å². The van der Waals surface area contributed by atoms with Crippen LogP contribution >= 0.6 is 0 Å². The summed E-state index contributed by atoms with van der Waals surface area (Å²) in [5, 5.41) is 7.46. The summed E-state index contributed by atoms with van der Waals surface area (Å²) in [4.78, 5) is 4.98. The maximum Gasteiger partial charge on any atom is 0.0735 e. The number of hydrogen-bond donors (Lipinski definition) is 0. The molecule has 11 rings (SSSR count). The van der Waals surface area contributed by atoms with Crippen molar-refractivity contribution in [1.82, 2.24) is 18.7 Å². The molecular weight excluding hydrogens is 645 g/mol. The molecule has 11 aromatic rings. The van der Waals surface area contributed by atoms with Crippen LogP contribution in [0.3, 0.4) is 0 Å². The number of rotatable bonds is 5. The lowest BCUT2D eigenvalue weighted by Gasteiger charge is -2.16. The van der Waals surface area contributed by atoms with Crippen molar-refractivity contribution in [3.05, 3.63) is 182 Å². The Morgan fingerprint density at radius 1 is 0.377 bits per heavy atom. The van der Waals surface area contributed by atoms with Gasteiger partial charge in [-0.1, -0.05) is 104 Å². The Morgan fingerprint density at radius 2 is 0.792 bits per heavy atom. The van der Waals surface area contributed by atoms with Crippen LogP contribution in [-0.4, -0.2) is 18.7 Å². The molecule has 4 heteroatoms. The minimum atomic E-state index is 0.902. The molecule has 0 aliphatic carbocycles. The van der Waals surface area contributed by atoms with Crippen LogP contribution in [0.25, 0.3) is 93.7 Å². The average Bonchev–Trinajstić information content (AvgIpc) is 3.86. The zero-order valence-electron chi connectivity index (χ0n) is 29.2. The predicted molar refractivity (Wildman–Crippen MR) is 222 cm³/mol. The van der Waals surface area contributed by atoms with E-state index >= 15 is 0 Å². The molecule has 0 saturated carbocycles. The summed E-state index contributed by atoms with van der Waals surface area (Å²) in [6, 6.07) is 61.9. The number of nitrogens with zero attached hydrogens (tertiary/aromatic N) is 4. The van der Waals surface area contributed by atoms with Crippen molar-refractivity contribution in [1.29, 1.82) is 0 Å². The van der Waals surface area contributed by atoms with Crippen LogP contribution in [0.15, 0.2) is 176 Å². The van der Waals surface area contributed by atoms with Crippen molar-refractivity contribution in [2.75, 3.05) is 0 Å². The fourth-order valence-electron chi connectivity index (χ4n) is 8.75. The molecule has 0 radical (unpaired) electrons. The molecule has 0 aliphatic rings. The van der Waals surface area contributed by atoms with Gasteiger partial charge in [-0.25, -0.2) is 0 Å². The van der Waals surface area contributed by atoms with Gasteiger partial charge in [0.1, 0.15) is 0 Å². The Kier molecular flexibility index (Phi) is 6.49. The van der Waals surface area contributed by atoms with E-state index in [0.717, 1.165) is 40.3 Å². The molecule has 0 spiro atoms. The lowest BCUT2D eigenvalue weighted by molar-refractivity contribution is 1.10. The summed E-state index contributed by atoms with van der Waals surface area (Å²) in [6.07, 6.45) is 2.82. The fourth-order valence-corrected chi connectivity index (χ4v) is 8.75. The molecule has 7 aromatic carbocycles. The van der Waals surface area contributed by atoms with Crippen LogP contribution in [-0.2, 0) is 6.42 Å². The summed E-state index contributed by atoms with van der Waals surface area (Å²) in [5.74, 6) is 0. The Hall–Kier alpha value is -6.91. The number of hydrogen-bond acceptors (Lipinski definition) is 1. The normalized spacial score (nSPS) is 11.9. The molecule has 0 fully saturated rings. The maximum absolute atomic E-state index is 4.98. The standard InChI is InChI=1S/C49H34N4/c1-2-32-14-13-27-50-49(32)33-28-35(52-45-22-10-5-17-39(45)40-18-6-11-23-46(40)52)30-36(29-33)53-47-24-12-7-19-41(47)42-31-34(25-26-48(42)53)51-43-20-8-3-15-37(43)38-16-4-9-21-44(38)51/h3-31H,2H2,1H3. The molecular formula is C49H34N4. The maximum atomic E-state index is 4.98. The third-order valence-electron chi connectivity index (χ3n) is 11.0. The molecule has 0 aliphatic heterocycles. The highest BCUT2D eigenvalue weighted by Crippen LogP contribution is 2.40. The van der Waals surface area contributed by atoms with Gasteiger partial charge in [-0.3, -0.25) is 4.98 Å². The van der Waals surface area contributed by atoms with Crippen LogP contribution in [0.5, 0.6) is 0 Å². The highest BCUT2D eigenvalue weighted by atomic mass is 15.0. The van der Waals surface area contributed by atoms with E-state index < -0.39 is 0 Å². The molecule has 250 valence electrons. The van der Waals surface area contributed by atoms with Crippen LogP contribution in [0.2, 0.25) is 0 Å². The van der Waals surface area contributed by atoms with E-state index in [2.05, 4.69) is 184 Å². The summed E-state index contributed by atoms with van der Waals surface area (Å²) < 4.78 is 7.26. The van der Waals surface area contributed by atoms with E-state index in [-0.39, 0.29) is 0 Å². The highest BCUT2D eigenvalue weighted by molar-refractivity contribution is 6.13. The molecule has 0 unspecified atom stereocenters. The summed E-state index contributed by atoms with van der Waals surface area (Å²) in [7, 11) is 0. The second kappa shape index (κ2) is 11.6. The van der Waals surface area contributed by atoms with Gasteiger partial charge in [-0.05, 0) is 84.8 Å². The molecule has 4 nitrogen and oxygen atoms in total. The van der Waals surface area contributed by atoms with Gasteiger partial charge in [0, 0.05) is 61.1 Å². The Bertz CT molecular complexity index is 3120. The number of aryl methyl sites for hydroxylation is 1. The topological polar surface area (TPSA) is 27.7 Å². The first-order chi connectivity index (χ1) is 26.3. The second-order valence-electron chi connectivity index (χ2n) is 13.9. The van der Waals surface area contributed by atoms with Crippen molar-refractivity contribution in [2.45, 2.75) is 13.3 Å². The quantitative estimate of drug-likeness (QED) is 0.178. The van der Waals surface area contributed by atoms with Crippen molar-refractivity contribution in [2.24, 2.45) is 0 Å². The van der Waals surface area contributed by atoms with Gasteiger partial charge in [0.25, 0.3) is 0 Å². The number of fused-ring (bicyclic) bond motifs is 9. The average molecular weight is 679 g/mol. The van der Waals surface area contributed by atoms with Crippen molar-refractivity contribution in [3.63, 3.8) is 0 Å². The molecule has 53 heavy (non-hydrogen) atoms. The minimum Gasteiger partial charge on any atom is -0.309 e. The van der Waals surface area contributed by atoms with E-state index in [1.165, 1.54) is 65.5 Å². The molecule has 0 saturated heterocycles. The third-order valence-corrected chi connectivity index (χ3v) is 11.0. The number of benzene rings is 7. The molecule has 0 amide bonds. The van der Waals surface area contributed by atoms with Gasteiger partial charge in [-0.15, -0.1) is 0 Å². The van der Waals surface area contributed by atoms with E-state index in [4.69, 9.17) is 4.98 Å². The summed E-state index contributed by atoms with van der Waals surface area (Å²) in [5.41, 5.74) is 13.8. The number of para-hydroxylation sites is 5. The zero-order valence-corrected chi connectivity index (χ0v) is 29.2. The zero-order chi connectivity index (χ0) is 35.0. The second-order valence-corrected chi connectivity index (χ2v) is 13.9. The van der Waals surface area contributed by atoms with Gasteiger partial charge in [-0.2, -0.15) is 0 Å². The first kappa shape index (κ1) is 29.8. The van der Waals surface area contributed by atoms with Crippen LogP contribution in [0.1, 0.15) is 12.5 Å². The van der Waals surface area contributed by atoms with Crippen molar-refractivity contribution in [3.8, 4) is 28.3 Å². The van der Waals surface area contributed by atoms with E-state index in [9.17, 15) is 0 Å². The molecule has 0 bridgehead atoms. The van der Waals surface area contributed by atoms with Gasteiger partial charge in [0.2, 0.25) is 0 Å². The van der Waals surface area contributed by atoms with E-state index in [0.29, 0.717) is 0 Å². The summed E-state index contributed by atoms with van der Waals surface area (Å²) >= 11 is 0. The lowest BCUT2D eigenvalue weighted by atomic mass is 10.0. The van der Waals surface area contributed by atoms with Crippen molar-refractivity contribution < 1.29 is 0 Å². The Morgan fingerprint density at radius 3 is 1.26 bits per heavy atom. The highest BCUT2D eigenvalue weighted by Gasteiger charge is 2.20. The van der Waals surface area contributed by atoms with E-state index in [1.807, 2.05) is 12.3 Å². The first-order valence-corrected chi connectivity index (χ1v) is 18.4. The van der Waals surface area contributed by atoms with Gasteiger partial charge in [0.05, 0.1) is 38.8 Å². The molecule has 4 aromatic heterocycles. The number of aromatic nitrogens is 4. The molecule has 0 N–H and O–H groups in total. The third kappa shape index (κ3) is 4.39. The van der Waals surface area contributed by atoms with Gasteiger partial charge in [0.15, 0.2) is 0 Å². The Labute approximate surface area is 306 Å². The summed E-state index contributed by atoms with van der Waals surface area (Å²) in [6.45, 7) is 2.21. The van der Waals surface area contributed by atoms with E-state index in [1.54, 1.807) is 0 Å². The predicted octanol–water partition coefficient (Wildman–Crippen LogP) is 12.6. The number of pyridine rings is 1. The monoisotopic (exact) mass is 678 g/mol. The largest absolute Gasteiger partial charge is 0.309 e. The SMILES string of the molecule is CCc1cccnc1-c1cc(-n2c3ccccc3c3ccccc32)cc(-n2c3ccccc3c3cc(-n4c5ccccc5c5ccccc54)ccc32)c1. The van der Waals surface area contributed by atoms with Crippen LogP contribution in [0.4, 0.5) is 0 Å². The molecule has 4 heterocycles. The van der Waals surface area contributed by atoms with Gasteiger partial charge >= 0.3 is 0 Å². The fraction of sp³-hybridized carbons (Fsp3) is 0.0408. The molecule has 0 atom stereocenters. The smallest absolute Gasteiger partial charge is 0.0735 e. The van der Waals surface area contributed by atoms with Crippen LogP contribution < -0.4 is 0 Å². The van der Waals surface area contributed by atoms with Crippen molar-refractivity contribution >= 4 is 65.4 Å². The Balaban J connectivity index is 1.21. The van der Waals surface area contributed by atoms with Gasteiger partial charge < -0.3 is 13.7 Å². The lowest BCUT2D eigenvalue weighted by Crippen LogP contribution is -2.01.